The summed E-state index contributed by atoms with van der Waals surface area (Å²) >= 11 is 3.17. The lowest BCUT2D eigenvalue weighted by Crippen LogP contribution is -2.48. The minimum atomic E-state index is -0.236. The van der Waals surface area contributed by atoms with E-state index in [-0.39, 0.29) is 17.5 Å². The first-order valence-electron chi connectivity index (χ1n) is 7.52. The van der Waals surface area contributed by atoms with Gasteiger partial charge in [-0.3, -0.25) is 9.59 Å². The predicted octanol–water partition coefficient (Wildman–Crippen LogP) is 2.23. The van der Waals surface area contributed by atoms with E-state index < -0.39 is 0 Å². The molecule has 0 spiro atoms. The standard InChI is InChI=1S/C17H18BrN3O2/c1-11-4-2-3-5-13(11)15-10-21(7-6-19-15)17(23)12-8-14(18)16(22)20-9-12/h2-5,8-9,15,19H,6-7,10H2,1H3,(H,20,22). The van der Waals surface area contributed by atoms with Crippen LogP contribution < -0.4 is 10.9 Å². The van der Waals surface area contributed by atoms with E-state index in [0.717, 1.165) is 6.54 Å². The number of hydrogen-bond acceptors (Lipinski definition) is 3. The van der Waals surface area contributed by atoms with Crippen molar-refractivity contribution in [3.05, 3.63) is 68.0 Å². The van der Waals surface area contributed by atoms with Gasteiger partial charge in [0.05, 0.1) is 16.1 Å². The zero-order valence-electron chi connectivity index (χ0n) is 12.8. The van der Waals surface area contributed by atoms with Crippen LogP contribution >= 0.6 is 15.9 Å². The maximum absolute atomic E-state index is 12.7. The third kappa shape index (κ3) is 3.38. The summed E-state index contributed by atoms with van der Waals surface area (Å²) in [5.74, 6) is -0.0676. The Bertz CT molecular complexity index is 787. The number of carbonyl (C=O) groups is 1. The quantitative estimate of drug-likeness (QED) is 0.845. The fraction of sp³-hybridized carbons (Fsp3) is 0.294. The molecule has 23 heavy (non-hydrogen) atoms. The van der Waals surface area contributed by atoms with Crippen LogP contribution in [0.1, 0.15) is 27.5 Å². The number of aromatic nitrogens is 1. The third-order valence-corrected chi connectivity index (χ3v) is 4.72. The van der Waals surface area contributed by atoms with E-state index in [1.807, 2.05) is 17.0 Å². The Labute approximate surface area is 142 Å². The van der Waals surface area contributed by atoms with E-state index in [1.165, 1.54) is 17.3 Å². The van der Waals surface area contributed by atoms with E-state index in [9.17, 15) is 9.59 Å². The van der Waals surface area contributed by atoms with Crippen LogP contribution in [-0.2, 0) is 0 Å². The molecule has 2 heterocycles. The molecular formula is C17H18BrN3O2. The summed E-state index contributed by atoms with van der Waals surface area (Å²) in [6, 6.07) is 9.91. The fourth-order valence-electron chi connectivity index (χ4n) is 2.88. The zero-order chi connectivity index (χ0) is 16.4. The highest BCUT2D eigenvalue weighted by Gasteiger charge is 2.26. The molecule has 1 aromatic carbocycles. The van der Waals surface area contributed by atoms with Gasteiger partial charge in [0.2, 0.25) is 0 Å². The second-order valence-electron chi connectivity index (χ2n) is 5.68. The van der Waals surface area contributed by atoms with Crippen molar-refractivity contribution in [1.82, 2.24) is 15.2 Å². The lowest BCUT2D eigenvalue weighted by molar-refractivity contribution is 0.0702. The van der Waals surface area contributed by atoms with Crippen molar-refractivity contribution in [2.45, 2.75) is 13.0 Å². The first-order valence-corrected chi connectivity index (χ1v) is 8.32. The monoisotopic (exact) mass is 375 g/mol. The lowest BCUT2D eigenvalue weighted by Gasteiger charge is -2.34. The van der Waals surface area contributed by atoms with Crippen molar-refractivity contribution in [3.63, 3.8) is 0 Å². The highest BCUT2D eigenvalue weighted by atomic mass is 79.9. The van der Waals surface area contributed by atoms with Crippen LogP contribution in [0.2, 0.25) is 0 Å². The smallest absolute Gasteiger partial charge is 0.262 e. The zero-order valence-corrected chi connectivity index (χ0v) is 14.4. The van der Waals surface area contributed by atoms with Crippen molar-refractivity contribution in [3.8, 4) is 0 Å². The summed E-state index contributed by atoms with van der Waals surface area (Å²) in [7, 11) is 0. The third-order valence-electron chi connectivity index (χ3n) is 4.13. The average Bonchev–Trinajstić information content (AvgIpc) is 2.57. The molecule has 0 radical (unpaired) electrons. The molecule has 1 unspecified atom stereocenters. The molecule has 0 saturated carbocycles. The Balaban J connectivity index is 1.80. The maximum atomic E-state index is 12.7. The Morgan fingerprint density at radius 3 is 2.87 bits per heavy atom. The number of pyridine rings is 1. The Morgan fingerprint density at radius 2 is 2.13 bits per heavy atom. The number of carbonyl (C=O) groups excluding carboxylic acids is 1. The van der Waals surface area contributed by atoms with E-state index in [2.05, 4.69) is 45.3 Å². The van der Waals surface area contributed by atoms with Crippen LogP contribution in [0.4, 0.5) is 0 Å². The molecule has 1 amide bonds. The Morgan fingerprint density at radius 1 is 1.35 bits per heavy atom. The predicted molar refractivity (Wildman–Crippen MR) is 92.6 cm³/mol. The molecule has 120 valence electrons. The van der Waals surface area contributed by atoms with Crippen molar-refractivity contribution < 1.29 is 4.79 Å². The van der Waals surface area contributed by atoms with Gasteiger partial charge in [-0.05, 0) is 40.0 Å². The van der Waals surface area contributed by atoms with Crippen LogP contribution in [-0.4, -0.2) is 35.4 Å². The molecule has 0 aliphatic carbocycles. The summed E-state index contributed by atoms with van der Waals surface area (Å²) in [6.07, 6.45) is 1.47. The summed E-state index contributed by atoms with van der Waals surface area (Å²) in [6.45, 7) is 4.09. The number of nitrogens with one attached hydrogen (secondary N) is 2. The second-order valence-corrected chi connectivity index (χ2v) is 6.53. The van der Waals surface area contributed by atoms with Gasteiger partial charge in [0.1, 0.15) is 0 Å². The molecular weight excluding hydrogens is 358 g/mol. The number of aromatic amines is 1. The summed E-state index contributed by atoms with van der Waals surface area (Å²) < 4.78 is 0.369. The first-order chi connectivity index (χ1) is 11.1. The van der Waals surface area contributed by atoms with E-state index in [0.29, 0.717) is 23.1 Å². The Hall–Kier alpha value is -1.92. The van der Waals surface area contributed by atoms with E-state index in [1.54, 1.807) is 6.07 Å². The highest BCUT2D eigenvalue weighted by molar-refractivity contribution is 9.10. The summed E-state index contributed by atoms with van der Waals surface area (Å²) in [4.78, 5) is 28.5. The van der Waals surface area contributed by atoms with Crippen molar-refractivity contribution in [2.75, 3.05) is 19.6 Å². The average molecular weight is 376 g/mol. The topological polar surface area (TPSA) is 65.2 Å². The molecule has 1 atom stereocenters. The van der Waals surface area contributed by atoms with Crippen LogP contribution in [0.15, 0.2) is 45.8 Å². The largest absolute Gasteiger partial charge is 0.335 e. The van der Waals surface area contributed by atoms with Crippen molar-refractivity contribution >= 4 is 21.8 Å². The van der Waals surface area contributed by atoms with Crippen LogP contribution in [0, 0.1) is 6.92 Å². The number of aryl methyl sites for hydroxylation is 1. The molecule has 1 fully saturated rings. The van der Waals surface area contributed by atoms with Gasteiger partial charge in [-0.2, -0.15) is 0 Å². The maximum Gasteiger partial charge on any atom is 0.262 e. The molecule has 1 aromatic heterocycles. The lowest BCUT2D eigenvalue weighted by atomic mass is 9.99. The molecule has 1 aliphatic heterocycles. The normalized spacial score (nSPS) is 18.0. The number of amides is 1. The van der Waals surface area contributed by atoms with E-state index >= 15 is 0 Å². The highest BCUT2D eigenvalue weighted by Crippen LogP contribution is 2.21. The minimum Gasteiger partial charge on any atom is -0.335 e. The Kier molecular flexibility index (Phi) is 4.63. The van der Waals surface area contributed by atoms with Gasteiger partial charge in [-0.25, -0.2) is 0 Å². The SMILES string of the molecule is Cc1ccccc1C1CN(C(=O)c2c[nH]c(=O)c(Br)c2)CCN1. The molecule has 2 N–H and O–H groups in total. The number of rotatable bonds is 2. The van der Waals surface area contributed by atoms with Gasteiger partial charge in [-0.1, -0.05) is 24.3 Å². The molecule has 1 saturated heterocycles. The number of piperazine rings is 1. The van der Waals surface area contributed by atoms with E-state index in [4.69, 9.17) is 0 Å². The van der Waals surface area contributed by atoms with Gasteiger partial charge >= 0.3 is 0 Å². The van der Waals surface area contributed by atoms with Crippen molar-refractivity contribution in [2.24, 2.45) is 0 Å². The molecule has 1 aliphatic rings. The molecule has 5 nitrogen and oxygen atoms in total. The van der Waals surface area contributed by atoms with Gasteiger partial charge in [0.25, 0.3) is 11.5 Å². The first kappa shape index (κ1) is 16.0. The van der Waals surface area contributed by atoms with Crippen LogP contribution in [0.5, 0.6) is 0 Å². The molecule has 2 aromatic rings. The fourth-order valence-corrected chi connectivity index (χ4v) is 3.24. The van der Waals surface area contributed by atoms with Crippen molar-refractivity contribution in [1.29, 1.82) is 0 Å². The van der Waals surface area contributed by atoms with Crippen LogP contribution in [0.25, 0.3) is 0 Å². The molecule has 3 rings (SSSR count). The molecule has 0 bridgehead atoms. The second kappa shape index (κ2) is 6.68. The van der Waals surface area contributed by atoms with Gasteiger partial charge < -0.3 is 15.2 Å². The minimum absolute atomic E-state index is 0.0676. The number of nitrogens with zero attached hydrogens (tertiary/aromatic N) is 1. The molecule has 6 heteroatoms. The van der Waals surface area contributed by atoms with Crippen LogP contribution in [0.3, 0.4) is 0 Å². The summed E-state index contributed by atoms with van der Waals surface area (Å²) in [5, 5.41) is 3.47. The van der Waals surface area contributed by atoms with Gasteiger partial charge in [0, 0.05) is 25.8 Å². The number of H-pyrrole nitrogens is 1. The summed E-state index contributed by atoms with van der Waals surface area (Å²) in [5.41, 5.74) is 2.68. The van der Waals surface area contributed by atoms with Gasteiger partial charge in [0.15, 0.2) is 0 Å². The number of hydrogen-bond donors (Lipinski definition) is 2. The number of halogens is 1. The van der Waals surface area contributed by atoms with Gasteiger partial charge in [-0.15, -0.1) is 0 Å². The number of benzene rings is 1.